The van der Waals surface area contributed by atoms with E-state index in [2.05, 4.69) is 17.2 Å². The van der Waals surface area contributed by atoms with Gasteiger partial charge in [0.15, 0.2) is 0 Å². The number of carboxylic acids is 1. The highest BCUT2D eigenvalue weighted by Crippen LogP contribution is 2.06. The highest BCUT2D eigenvalue weighted by Gasteiger charge is 2.28. The second kappa shape index (κ2) is 10.9. The molecule has 2 atom stereocenters. The quantitative estimate of drug-likeness (QED) is 0.555. The molecular weight excluding hydrogens is 336 g/mol. The lowest BCUT2D eigenvalue weighted by Gasteiger charge is -2.23. The summed E-state index contributed by atoms with van der Waals surface area (Å²) < 4.78 is 5.12. The molecule has 0 radical (unpaired) electrons. The Morgan fingerprint density at radius 1 is 1.19 bits per heavy atom. The van der Waals surface area contributed by atoms with Gasteiger partial charge in [-0.15, -0.1) is 6.58 Å². The van der Waals surface area contributed by atoms with Gasteiger partial charge in [0.1, 0.15) is 18.7 Å². The monoisotopic (exact) mass is 362 g/mol. The maximum absolute atomic E-state index is 12.4. The van der Waals surface area contributed by atoms with Gasteiger partial charge in [-0.3, -0.25) is 4.79 Å². The molecule has 2 amide bonds. The Morgan fingerprint density at radius 2 is 1.85 bits per heavy atom. The Balaban J connectivity index is 2.62. The number of hydrogen-bond acceptors (Lipinski definition) is 4. The number of amides is 2. The predicted octanol–water partition coefficient (Wildman–Crippen LogP) is 2.47. The Morgan fingerprint density at radius 3 is 2.38 bits per heavy atom. The van der Waals surface area contributed by atoms with Crippen molar-refractivity contribution in [2.45, 2.75) is 45.4 Å². The molecule has 0 fully saturated rings. The molecule has 0 saturated heterocycles. The fourth-order valence-corrected chi connectivity index (χ4v) is 2.23. The Bertz CT molecular complexity index is 616. The zero-order valence-electron chi connectivity index (χ0n) is 15.1. The maximum atomic E-state index is 12.4. The zero-order chi connectivity index (χ0) is 19.5. The highest BCUT2D eigenvalue weighted by atomic mass is 16.5. The van der Waals surface area contributed by atoms with Crippen LogP contribution < -0.4 is 10.6 Å². The number of carboxylic acid groups (broad SMARTS) is 1. The van der Waals surface area contributed by atoms with E-state index in [4.69, 9.17) is 4.74 Å². The van der Waals surface area contributed by atoms with Gasteiger partial charge in [-0.05, 0) is 24.3 Å². The van der Waals surface area contributed by atoms with Crippen molar-refractivity contribution in [3.63, 3.8) is 0 Å². The molecule has 1 rings (SSSR count). The Hall–Kier alpha value is -2.83. The van der Waals surface area contributed by atoms with Crippen molar-refractivity contribution in [3.05, 3.63) is 48.6 Å². The van der Waals surface area contributed by atoms with E-state index >= 15 is 0 Å². The zero-order valence-corrected chi connectivity index (χ0v) is 15.1. The summed E-state index contributed by atoms with van der Waals surface area (Å²) in [5.41, 5.74) is 0.823. The van der Waals surface area contributed by atoms with E-state index < -0.39 is 30.1 Å². The first-order valence-electron chi connectivity index (χ1n) is 8.46. The molecule has 1 aromatic rings. The molecule has 0 aliphatic carbocycles. The van der Waals surface area contributed by atoms with E-state index in [0.29, 0.717) is 6.42 Å². The number of hydrogen-bond donors (Lipinski definition) is 3. The van der Waals surface area contributed by atoms with Gasteiger partial charge >= 0.3 is 12.1 Å². The van der Waals surface area contributed by atoms with Crippen molar-refractivity contribution in [2.24, 2.45) is 5.92 Å². The molecule has 26 heavy (non-hydrogen) atoms. The second-order valence-electron chi connectivity index (χ2n) is 6.19. The predicted molar refractivity (Wildman–Crippen MR) is 97.4 cm³/mol. The van der Waals surface area contributed by atoms with Crippen LogP contribution in [0.2, 0.25) is 0 Å². The summed E-state index contributed by atoms with van der Waals surface area (Å²) in [6.07, 6.45) is 1.53. The number of aliphatic carboxylic acids is 1. The second-order valence-corrected chi connectivity index (χ2v) is 6.19. The normalized spacial score (nSPS) is 12.7. The molecule has 1 aromatic carbocycles. The first-order chi connectivity index (χ1) is 12.3. The van der Waals surface area contributed by atoms with Gasteiger partial charge in [0, 0.05) is 0 Å². The van der Waals surface area contributed by atoms with Crippen molar-refractivity contribution >= 4 is 18.0 Å². The smallest absolute Gasteiger partial charge is 0.408 e. The molecule has 142 valence electrons. The molecule has 0 aliphatic heterocycles. The van der Waals surface area contributed by atoms with Gasteiger partial charge in [0.05, 0.1) is 0 Å². The third kappa shape index (κ3) is 7.38. The Kier molecular flexibility index (Phi) is 8.91. The van der Waals surface area contributed by atoms with Crippen LogP contribution in [-0.4, -0.2) is 35.2 Å². The summed E-state index contributed by atoms with van der Waals surface area (Å²) in [6, 6.07) is 7.21. The molecule has 0 bridgehead atoms. The van der Waals surface area contributed by atoms with Gasteiger partial charge in [0.2, 0.25) is 5.91 Å². The van der Waals surface area contributed by atoms with E-state index in [1.807, 2.05) is 30.3 Å². The summed E-state index contributed by atoms with van der Waals surface area (Å²) in [7, 11) is 0. The summed E-state index contributed by atoms with van der Waals surface area (Å²) in [5.74, 6) is -1.93. The number of allylic oxidation sites excluding steroid dienone is 1. The van der Waals surface area contributed by atoms with E-state index in [0.717, 1.165) is 5.56 Å². The lowest BCUT2D eigenvalue weighted by atomic mass is 10.0. The molecule has 7 nitrogen and oxygen atoms in total. The van der Waals surface area contributed by atoms with Gasteiger partial charge < -0.3 is 20.5 Å². The van der Waals surface area contributed by atoms with Gasteiger partial charge in [0.25, 0.3) is 0 Å². The summed E-state index contributed by atoms with van der Waals surface area (Å²) >= 11 is 0. The van der Waals surface area contributed by atoms with Crippen LogP contribution in [0.15, 0.2) is 43.0 Å². The lowest BCUT2D eigenvalue weighted by molar-refractivity contribution is -0.142. The number of rotatable bonds is 10. The van der Waals surface area contributed by atoms with Crippen LogP contribution >= 0.6 is 0 Å². The fraction of sp³-hybridized carbons (Fsp3) is 0.421. The SMILES string of the molecule is C=CCC[C@@H](NC(=O)[C@H](NC(=O)OCc1ccccc1)C(C)C)C(=O)O. The van der Waals surface area contributed by atoms with Crippen LogP contribution in [0.5, 0.6) is 0 Å². The molecule has 0 aliphatic rings. The van der Waals surface area contributed by atoms with Gasteiger partial charge in [-0.1, -0.05) is 50.3 Å². The van der Waals surface area contributed by atoms with E-state index in [1.54, 1.807) is 19.9 Å². The fourth-order valence-electron chi connectivity index (χ4n) is 2.23. The molecule has 0 unspecified atom stereocenters. The molecular formula is C19H26N2O5. The first kappa shape index (κ1) is 21.2. The molecule has 0 aromatic heterocycles. The third-order valence-electron chi connectivity index (χ3n) is 3.71. The highest BCUT2D eigenvalue weighted by molar-refractivity contribution is 5.89. The van der Waals surface area contributed by atoms with Crippen LogP contribution in [0.3, 0.4) is 0 Å². The van der Waals surface area contributed by atoms with Crippen LogP contribution in [0, 0.1) is 5.92 Å². The standard InChI is InChI=1S/C19H26N2O5/c1-4-5-11-15(18(23)24)20-17(22)16(13(2)3)21-19(25)26-12-14-9-7-6-8-10-14/h4,6-10,13,15-16H,1,5,11-12H2,2-3H3,(H,20,22)(H,21,25)(H,23,24)/t15-,16-/m1/s1. The van der Waals surface area contributed by atoms with Crippen molar-refractivity contribution < 1.29 is 24.2 Å². The number of benzene rings is 1. The maximum Gasteiger partial charge on any atom is 0.408 e. The first-order valence-corrected chi connectivity index (χ1v) is 8.46. The molecule has 0 heterocycles. The van der Waals surface area contributed by atoms with Gasteiger partial charge in [-0.2, -0.15) is 0 Å². The number of carbonyl (C=O) groups is 3. The molecule has 0 spiro atoms. The van der Waals surface area contributed by atoms with Crippen molar-refractivity contribution in [1.29, 1.82) is 0 Å². The topological polar surface area (TPSA) is 105 Å². The molecule has 0 saturated carbocycles. The minimum Gasteiger partial charge on any atom is -0.480 e. The number of alkyl carbamates (subject to hydrolysis) is 1. The van der Waals surface area contributed by atoms with E-state index in [-0.39, 0.29) is 18.9 Å². The Labute approximate surface area is 153 Å². The number of ether oxygens (including phenoxy) is 1. The summed E-state index contributed by atoms with van der Waals surface area (Å²) in [5, 5.41) is 14.2. The average molecular weight is 362 g/mol. The van der Waals surface area contributed by atoms with Crippen LogP contribution in [0.1, 0.15) is 32.3 Å². The van der Waals surface area contributed by atoms with E-state index in [9.17, 15) is 19.5 Å². The van der Waals surface area contributed by atoms with Gasteiger partial charge in [-0.25, -0.2) is 9.59 Å². The summed E-state index contributed by atoms with van der Waals surface area (Å²) in [4.78, 5) is 35.6. The lowest BCUT2D eigenvalue weighted by Crippen LogP contribution is -2.53. The minimum absolute atomic E-state index is 0.0796. The van der Waals surface area contributed by atoms with Crippen molar-refractivity contribution in [3.8, 4) is 0 Å². The minimum atomic E-state index is -1.13. The summed E-state index contributed by atoms with van der Waals surface area (Å²) in [6.45, 7) is 7.12. The van der Waals surface area contributed by atoms with E-state index in [1.165, 1.54) is 0 Å². The van der Waals surface area contributed by atoms with Crippen LogP contribution in [0.25, 0.3) is 0 Å². The average Bonchev–Trinajstić information content (AvgIpc) is 2.61. The van der Waals surface area contributed by atoms with Crippen molar-refractivity contribution in [1.82, 2.24) is 10.6 Å². The van der Waals surface area contributed by atoms with Crippen LogP contribution in [0.4, 0.5) is 4.79 Å². The largest absolute Gasteiger partial charge is 0.480 e. The molecule has 7 heteroatoms. The van der Waals surface area contributed by atoms with Crippen LogP contribution in [-0.2, 0) is 20.9 Å². The van der Waals surface area contributed by atoms with Crippen molar-refractivity contribution in [2.75, 3.05) is 0 Å². The third-order valence-corrected chi connectivity index (χ3v) is 3.71. The number of carbonyl (C=O) groups excluding carboxylic acids is 2. The molecule has 3 N–H and O–H groups in total. The number of nitrogens with one attached hydrogen (secondary N) is 2.